The van der Waals surface area contributed by atoms with Gasteiger partial charge in [0.05, 0.1) is 19.0 Å². The number of unbranched alkanes of at least 4 members (excludes halogenated alkanes) is 1. The van der Waals surface area contributed by atoms with Gasteiger partial charge >= 0.3 is 0 Å². The topological polar surface area (TPSA) is 63.2 Å². The molecule has 0 saturated carbocycles. The summed E-state index contributed by atoms with van der Waals surface area (Å²) in [5, 5.41) is 11.8. The van der Waals surface area contributed by atoms with Crippen molar-refractivity contribution in [2.75, 3.05) is 30.9 Å². The Kier molecular flexibility index (Phi) is 5.77. The third kappa shape index (κ3) is 4.21. The van der Waals surface area contributed by atoms with Crippen LogP contribution in [0.5, 0.6) is 5.75 Å². The minimum absolute atomic E-state index is 0.583. The summed E-state index contributed by atoms with van der Waals surface area (Å²) in [5.74, 6) is 1.86. The van der Waals surface area contributed by atoms with Crippen LogP contribution >= 0.6 is 11.6 Å². The van der Waals surface area contributed by atoms with E-state index in [9.17, 15) is 0 Å². The number of ether oxygens (including phenoxy) is 1. The highest BCUT2D eigenvalue weighted by Gasteiger charge is 2.09. The molecule has 2 rings (SSSR count). The molecule has 1 aromatic carbocycles. The van der Waals surface area contributed by atoms with Crippen molar-refractivity contribution in [2.45, 2.75) is 19.8 Å². The molecule has 0 spiro atoms. The molecule has 118 valence electrons. The Morgan fingerprint density at radius 3 is 2.91 bits per heavy atom. The van der Waals surface area contributed by atoms with Crippen molar-refractivity contribution in [1.82, 2.24) is 15.2 Å². The van der Waals surface area contributed by atoms with Crippen LogP contribution in [0, 0.1) is 0 Å². The summed E-state index contributed by atoms with van der Waals surface area (Å²) in [4.78, 5) is 6.45. The zero-order valence-corrected chi connectivity index (χ0v) is 13.8. The molecule has 0 saturated heterocycles. The van der Waals surface area contributed by atoms with Crippen LogP contribution in [0.4, 0.5) is 17.5 Å². The number of aromatic nitrogens is 3. The highest BCUT2D eigenvalue weighted by atomic mass is 35.5. The van der Waals surface area contributed by atoms with Crippen molar-refractivity contribution in [3.8, 4) is 5.75 Å². The Balaban J connectivity index is 2.18. The van der Waals surface area contributed by atoms with Crippen LogP contribution in [0.25, 0.3) is 0 Å². The maximum Gasteiger partial charge on any atom is 0.247 e. The Morgan fingerprint density at radius 2 is 2.18 bits per heavy atom. The molecule has 0 aliphatic carbocycles. The fraction of sp³-hybridized carbons (Fsp3) is 0.400. The fourth-order valence-electron chi connectivity index (χ4n) is 1.93. The monoisotopic (exact) mass is 321 g/mol. The van der Waals surface area contributed by atoms with E-state index < -0.39 is 0 Å². The molecule has 0 radical (unpaired) electrons. The molecule has 0 unspecified atom stereocenters. The number of rotatable bonds is 7. The molecule has 1 N–H and O–H groups in total. The standard InChI is InChI=1S/C15H20ClN5O/c1-4-5-8-21(2)15-19-14(10-17-20-15)18-12-9-11(16)6-7-13(12)22-3/h6-7,9-10H,4-5,8H2,1-3H3,(H,18,19,20). The molecule has 0 aliphatic heterocycles. The predicted molar refractivity (Wildman–Crippen MR) is 89.3 cm³/mol. The average Bonchev–Trinajstić information content (AvgIpc) is 2.53. The number of halogens is 1. The zero-order chi connectivity index (χ0) is 15.9. The number of anilines is 3. The minimum atomic E-state index is 0.583. The van der Waals surface area contributed by atoms with Gasteiger partial charge in [-0.2, -0.15) is 10.1 Å². The van der Waals surface area contributed by atoms with Gasteiger partial charge in [0.25, 0.3) is 0 Å². The van der Waals surface area contributed by atoms with E-state index in [0.29, 0.717) is 22.5 Å². The van der Waals surface area contributed by atoms with Crippen LogP contribution in [0.1, 0.15) is 19.8 Å². The lowest BCUT2D eigenvalue weighted by Gasteiger charge is -2.17. The first-order valence-corrected chi connectivity index (χ1v) is 7.53. The van der Waals surface area contributed by atoms with E-state index in [2.05, 4.69) is 27.4 Å². The van der Waals surface area contributed by atoms with Crippen molar-refractivity contribution < 1.29 is 4.74 Å². The SMILES string of the molecule is CCCCN(C)c1nncc(Nc2cc(Cl)ccc2OC)n1. The van der Waals surface area contributed by atoms with Gasteiger partial charge in [0, 0.05) is 18.6 Å². The van der Waals surface area contributed by atoms with Crippen molar-refractivity contribution >= 4 is 29.1 Å². The van der Waals surface area contributed by atoms with Gasteiger partial charge in [-0.05, 0) is 24.6 Å². The molecule has 1 heterocycles. The number of nitrogens with zero attached hydrogens (tertiary/aromatic N) is 4. The van der Waals surface area contributed by atoms with Crippen LogP contribution in [0.15, 0.2) is 24.4 Å². The maximum atomic E-state index is 6.03. The van der Waals surface area contributed by atoms with Crippen molar-refractivity contribution in [3.05, 3.63) is 29.4 Å². The highest BCUT2D eigenvalue weighted by molar-refractivity contribution is 6.31. The van der Waals surface area contributed by atoms with Gasteiger partial charge in [0.15, 0.2) is 5.82 Å². The molecule has 0 aliphatic rings. The van der Waals surface area contributed by atoms with E-state index in [1.165, 1.54) is 0 Å². The van der Waals surface area contributed by atoms with Gasteiger partial charge in [0.2, 0.25) is 5.95 Å². The number of methoxy groups -OCH3 is 1. The number of hydrogen-bond acceptors (Lipinski definition) is 6. The first-order chi connectivity index (χ1) is 10.6. The largest absolute Gasteiger partial charge is 0.495 e. The van der Waals surface area contributed by atoms with Crippen molar-refractivity contribution in [3.63, 3.8) is 0 Å². The lowest BCUT2D eigenvalue weighted by atomic mass is 10.3. The molecule has 2 aromatic rings. The third-order valence-corrected chi connectivity index (χ3v) is 3.40. The van der Waals surface area contributed by atoms with Crippen molar-refractivity contribution in [1.29, 1.82) is 0 Å². The minimum Gasteiger partial charge on any atom is -0.495 e. The molecular weight excluding hydrogens is 302 g/mol. The van der Waals surface area contributed by atoms with Gasteiger partial charge in [0.1, 0.15) is 5.75 Å². The molecule has 6 nitrogen and oxygen atoms in total. The molecule has 0 fully saturated rings. The van der Waals surface area contributed by atoms with E-state index in [0.717, 1.165) is 25.1 Å². The second-order valence-electron chi connectivity index (χ2n) is 4.89. The summed E-state index contributed by atoms with van der Waals surface area (Å²) < 4.78 is 5.31. The molecule has 22 heavy (non-hydrogen) atoms. The van der Waals surface area contributed by atoms with Crippen LogP contribution in [-0.2, 0) is 0 Å². The smallest absolute Gasteiger partial charge is 0.247 e. The van der Waals surface area contributed by atoms with E-state index in [-0.39, 0.29) is 0 Å². The van der Waals surface area contributed by atoms with Crippen LogP contribution < -0.4 is 15.0 Å². The molecule has 7 heteroatoms. The lowest BCUT2D eigenvalue weighted by Crippen LogP contribution is -2.21. The fourth-order valence-corrected chi connectivity index (χ4v) is 2.10. The second-order valence-corrected chi connectivity index (χ2v) is 5.32. The molecular formula is C15H20ClN5O. The summed E-state index contributed by atoms with van der Waals surface area (Å²) in [6, 6.07) is 5.35. The van der Waals surface area contributed by atoms with Gasteiger partial charge in [-0.3, -0.25) is 0 Å². The Labute approximate surface area is 135 Å². The predicted octanol–water partition coefficient (Wildman–Crippen LogP) is 3.51. The van der Waals surface area contributed by atoms with Gasteiger partial charge in [-0.1, -0.05) is 24.9 Å². The average molecular weight is 322 g/mol. The van der Waals surface area contributed by atoms with Crippen LogP contribution in [-0.4, -0.2) is 35.9 Å². The quantitative estimate of drug-likeness (QED) is 0.842. The molecule has 0 bridgehead atoms. The van der Waals surface area contributed by atoms with Gasteiger partial charge < -0.3 is 15.0 Å². The molecule has 0 amide bonds. The summed E-state index contributed by atoms with van der Waals surface area (Å²) in [7, 11) is 3.56. The lowest BCUT2D eigenvalue weighted by molar-refractivity contribution is 0.417. The first kappa shape index (κ1) is 16.3. The van der Waals surface area contributed by atoms with Gasteiger partial charge in [-0.25, -0.2) is 0 Å². The second kappa shape index (κ2) is 7.79. The molecule has 1 aromatic heterocycles. The Hall–Kier alpha value is -2.08. The maximum absolute atomic E-state index is 6.03. The van der Waals surface area contributed by atoms with E-state index in [4.69, 9.17) is 16.3 Å². The van der Waals surface area contributed by atoms with E-state index in [1.54, 1.807) is 31.5 Å². The summed E-state index contributed by atoms with van der Waals surface area (Å²) in [5.41, 5.74) is 0.734. The van der Waals surface area contributed by atoms with E-state index >= 15 is 0 Å². The number of nitrogens with one attached hydrogen (secondary N) is 1. The zero-order valence-electron chi connectivity index (χ0n) is 13.0. The van der Waals surface area contributed by atoms with Crippen molar-refractivity contribution in [2.24, 2.45) is 0 Å². The van der Waals surface area contributed by atoms with Crippen LogP contribution in [0.3, 0.4) is 0 Å². The third-order valence-electron chi connectivity index (χ3n) is 3.16. The Bertz CT molecular complexity index is 623. The highest BCUT2D eigenvalue weighted by Crippen LogP contribution is 2.29. The summed E-state index contributed by atoms with van der Waals surface area (Å²) in [6.07, 6.45) is 3.77. The van der Waals surface area contributed by atoms with Crippen LogP contribution in [0.2, 0.25) is 5.02 Å². The summed E-state index contributed by atoms with van der Waals surface area (Å²) >= 11 is 6.03. The first-order valence-electron chi connectivity index (χ1n) is 7.15. The van der Waals surface area contributed by atoms with Gasteiger partial charge in [-0.15, -0.1) is 5.10 Å². The molecule has 0 atom stereocenters. The normalized spacial score (nSPS) is 10.4. The number of hydrogen-bond donors (Lipinski definition) is 1. The van der Waals surface area contributed by atoms with E-state index in [1.807, 2.05) is 11.9 Å². The number of benzene rings is 1. The Morgan fingerprint density at radius 1 is 1.36 bits per heavy atom. The summed E-state index contributed by atoms with van der Waals surface area (Å²) in [6.45, 7) is 3.04.